The van der Waals surface area contributed by atoms with Gasteiger partial charge < -0.3 is 4.74 Å². The van der Waals surface area contributed by atoms with Gasteiger partial charge in [0.1, 0.15) is 5.75 Å². The van der Waals surface area contributed by atoms with Gasteiger partial charge in [0.25, 0.3) is 5.56 Å². The molecule has 2 aromatic heterocycles. The Bertz CT molecular complexity index is 933. The van der Waals surface area contributed by atoms with Crippen LogP contribution in [-0.4, -0.2) is 21.9 Å². The van der Waals surface area contributed by atoms with Gasteiger partial charge in [0.05, 0.1) is 13.3 Å². The van der Waals surface area contributed by atoms with Crippen LogP contribution in [0.1, 0.15) is 29.0 Å². The van der Waals surface area contributed by atoms with Gasteiger partial charge in [-0.1, -0.05) is 18.2 Å². The highest BCUT2D eigenvalue weighted by molar-refractivity contribution is 5.35. The maximum atomic E-state index is 12.8. The van der Waals surface area contributed by atoms with Crippen LogP contribution in [0.15, 0.2) is 59.7 Å². The minimum atomic E-state index is -0.0515. The Labute approximate surface area is 145 Å². The van der Waals surface area contributed by atoms with Gasteiger partial charge in [-0.15, -0.1) is 0 Å². The summed E-state index contributed by atoms with van der Waals surface area (Å²) in [7, 11) is 1.67. The monoisotopic (exact) mass is 333 g/mol. The van der Waals surface area contributed by atoms with Gasteiger partial charge in [-0.2, -0.15) is 9.78 Å². The summed E-state index contributed by atoms with van der Waals surface area (Å²) < 4.78 is 6.62. The summed E-state index contributed by atoms with van der Waals surface area (Å²) in [4.78, 5) is 17.0. The number of pyridine rings is 1. The lowest BCUT2D eigenvalue weighted by Crippen LogP contribution is -2.30. The lowest BCUT2D eigenvalue weighted by atomic mass is 9.81. The van der Waals surface area contributed by atoms with E-state index in [0.717, 1.165) is 36.1 Å². The van der Waals surface area contributed by atoms with Crippen molar-refractivity contribution in [3.8, 4) is 11.6 Å². The summed E-state index contributed by atoms with van der Waals surface area (Å²) in [6.45, 7) is 0. The zero-order chi connectivity index (χ0) is 17.2. The molecule has 0 spiro atoms. The number of fused-ring (bicyclic) bond motifs is 1. The summed E-state index contributed by atoms with van der Waals surface area (Å²) in [5.41, 5.74) is 3.14. The SMILES string of the molecule is COc1ccc(C2CCc3c(cnn(-c4ccccn4)c3=O)C2)cc1. The van der Waals surface area contributed by atoms with E-state index in [1.54, 1.807) is 19.4 Å². The Morgan fingerprint density at radius 3 is 2.72 bits per heavy atom. The van der Waals surface area contributed by atoms with Crippen LogP contribution in [-0.2, 0) is 12.8 Å². The molecule has 1 aromatic carbocycles. The van der Waals surface area contributed by atoms with Crippen LogP contribution in [0.3, 0.4) is 0 Å². The van der Waals surface area contributed by atoms with Crippen LogP contribution in [0.2, 0.25) is 0 Å². The van der Waals surface area contributed by atoms with Crippen LogP contribution < -0.4 is 10.3 Å². The fourth-order valence-corrected chi connectivity index (χ4v) is 3.46. The molecule has 2 heterocycles. The molecule has 1 atom stereocenters. The highest BCUT2D eigenvalue weighted by Gasteiger charge is 2.24. The number of hydrogen-bond acceptors (Lipinski definition) is 4. The Morgan fingerprint density at radius 2 is 2.00 bits per heavy atom. The first-order chi connectivity index (χ1) is 12.3. The number of methoxy groups -OCH3 is 1. The van der Waals surface area contributed by atoms with E-state index in [4.69, 9.17) is 4.74 Å². The van der Waals surface area contributed by atoms with Crippen LogP contribution >= 0.6 is 0 Å². The molecule has 4 rings (SSSR count). The van der Waals surface area contributed by atoms with Crippen molar-refractivity contribution in [1.82, 2.24) is 14.8 Å². The van der Waals surface area contributed by atoms with Gasteiger partial charge in [-0.05, 0) is 60.6 Å². The molecule has 0 amide bonds. The molecule has 1 aliphatic rings. The van der Waals surface area contributed by atoms with Crippen LogP contribution in [0.25, 0.3) is 5.82 Å². The molecule has 0 N–H and O–H groups in total. The predicted octanol–water partition coefficient (Wildman–Crippen LogP) is 2.91. The van der Waals surface area contributed by atoms with E-state index in [0.29, 0.717) is 11.7 Å². The van der Waals surface area contributed by atoms with Crippen molar-refractivity contribution >= 4 is 0 Å². The van der Waals surface area contributed by atoms with Gasteiger partial charge in [0.2, 0.25) is 0 Å². The van der Waals surface area contributed by atoms with Crippen LogP contribution in [0, 0.1) is 0 Å². The van der Waals surface area contributed by atoms with Gasteiger partial charge >= 0.3 is 0 Å². The van der Waals surface area contributed by atoms with E-state index >= 15 is 0 Å². The molecule has 126 valence electrons. The van der Waals surface area contributed by atoms with Crippen molar-refractivity contribution in [2.75, 3.05) is 7.11 Å². The maximum Gasteiger partial charge on any atom is 0.276 e. The first kappa shape index (κ1) is 15.6. The third kappa shape index (κ3) is 2.93. The van der Waals surface area contributed by atoms with Crippen LogP contribution in [0.4, 0.5) is 0 Å². The number of aromatic nitrogens is 3. The number of hydrogen-bond donors (Lipinski definition) is 0. The first-order valence-electron chi connectivity index (χ1n) is 8.41. The molecular formula is C20H19N3O2. The lowest BCUT2D eigenvalue weighted by molar-refractivity contribution is 0.414. The van der Waals surface area contributed by atoms with Crippen molar-refractivity contribution in [2.24, 2.45) is 0 Å². The van der Waals surface area contributed by atoms with Crippen molar-refractivity contribution in [1.29, 1.82) is 0 Å². The second-order valence-electron chi connectivity index (χ2n) is 6.27. The quantitative estimate of drug-likeness (QED) is 0.739. The molecule has 3 aromatic rings. The zero-order valence-corrected chi connectivity index (χ0v) is 14.1. The Hall–Kier alpha value is -2.95. The van der Waals surface area contributed by atoms with E-state index in [1.165, 1.54) is 10.2 Å². The first-order valence-corrected chi connectivity index (χ1v) is 8.41. The minimum Gasteiger partial charge on any atom is -0.497 e. The highest BCUT2D eigenvalue weighted by Crippen LogP contribution is 2.31. The van der Waals surface area contributed by atoms with Gasteiger partial charge in [0, 0.05) is 11.8 Å². The summed E-state index contributed by atoms with van der Waals surface area (Å²) in [5.74, 6) is 1.83. The molecule has 0 fully saturated rings. The Morgan fingerprint density at radius 1 is 1.16 bits per heavy atom. The van der Waals surface area contributed by atoms with Gasteiger partial charge in [-0.25, -0.2) is 4.98 Å². The summed E-state index contributed by atoms with van der Waals surface area (Å²) in [6, 6.07) is 13.7. The third-order valence-corrected chi connectivity index (χ3v) is 4.83. The average Bonchev–Trinajstić information content (AvgIpc) is 2.69. The molecule has 1 unspecified atom stereocenters. The fourth-order valence-electron chi connectivity index (χ4n) is 3.46. The molecule has 25 heavy (non-hydrogen) atoms. The molecule has 5 nitrogen and oxygen atoms in total. The second-order valence-corrected chi connectivity index (χ2v) is 6.27. The van der Waals surface area contributed by atoms with Crippen LogP contribution in [0.5, 0.6) is 5.75 Å². The fraction of sp³-hybridized carbons (Fsp3) is 0.250. The van der Waals surface area contributed by atoms with Crippen molar-refractivity contribution < 1.29 is 4.74 Å². The molecule has 5 heteroatoms. The van der Waals surface area contributed by atoms with Gasteiger partial charge in [0.15, 0.2) is 5.82 Å². The Balaban J connectivity index is 1.64. The smallest absolute Gasteiger partial charge is 0.276 e. The molecule has 0 aliphatic heterocycles. The summed E-state index contributed by atoms with van der Waals surface area (Å²) >= 11 is 0. The molecule has 0 saturated heterocycles. The Kier molecular flexibility index (Phi) is 4.06. The van der Waals surface area contributed by atoms with E-state index in [-0.39, 0.29) is 5.56 Å². The lowest BCUT2D eigenvalue weighted by Gasteiger charge is -2.24. The molecule has 1 aliphatic carbocycles. The molecule has 0 bridgehead atoms. The van der Waals surface area contributed by atoms with Gasteiger partial charge in [-0.3, -0.25) is 4.79 Å². The molecule has 0 radical (unpaired) electrons. The zero-order valence-electron chi connectivity index (χ0n) is 14.1. The van der Waals surface area contributed by atoms with Crippen molar-refractivity contribution in [3.63, 3.8) is 0 Å². The number of rotatable bonds is 3. The van der Waals surface area contributed by atoms with Crippen molar-refractivity contribution in [2.45, 2.75) is 25.2 Å². The minimum absolute atomic E-state index is 0.0515. The third-order valence-electron chi connectivity index (χ3n) is 4.83. The topological polar surface area (TPSA) is 57.0 Å². The average molecular weight is 333 g/mol. The maximum absolute atomic E-state index is 12.8. The molecule has 0 saturated carbocycles. The standard InChI is InChI=1S/C20H19N3O2/c1-25-17-8-5-14(6-9-17)15-7-10-18-16(12-15)13-22-23(20(18)24)19-4-2-3-11-21-19/h2-6,8-9,11,13,15H,7,10,12H2,1H3. The van der Waals surface area contributed by atoms with E-state index in [1.807, 2.05) is 30.5 Å². The summed E-state index contributed by atoms with van der Waals surface area (Å²) in [5, 5.41) is 4.34. The molecular weight excluding hydrogens is 314 g/mol. The largest absolute Gasteiger partial charge is 0.497 e. The predicted molar refractivity (Wildman–Crippen MR) is 95.4 cm³/mol. The second kappa shape index (κ2) is 6.51. The van der Waals surface area contributed by atoms with E-state index in [2.05, 4.69) is 22.2 Å². The number of nitrogens with zero attached hydrogens (tertiary/aromatic N) is 3. The number of ether oxygens (including phenoxy) is 1. The number of benzene rings is 1. The normalized spacial score (nSPS) is 16.3. The van der Waals surface area contributed by atoms with E-state index < -0.39 is 0 Å². The van der Waals surface area contributed by atoms with E-state index in [9.17, 15) is 4.79 Å². The summed E-state index contributed by atoms with van der Waals surface area (Å²) in [6.07, 6.45) is 6.05. The highest BCUT2D eigenvalue weighted by atomic mass is 16.5. The van der Waals surface area contributed by atoms with Crippen molar-refractivity contribution in [3.05, 3.63) is 81.9 Å².